The Balaban J connectivity index is 1.85. The van der Waals surface area contributed by atoms with Crippen LogP contribution in [-0.4, -0.2) is 38.2 Å². The third-order valence-corrected chi connectivity index (χ3v) is 3.57. The summed E-state index contributed by atoms with van der Waals surface area (Å²) in [6.07, 6.45) is 1.56. The molecule has 1 atom stereocenters. The molecule has 0 saturated carbocycles. The van der Waals surface area contributed by atoms with Crippen molar-refractivity contribution in [2.45, 2.75) is 13.0 Å². The van der Waals surface area contributed by atoms with Gasteiger partial charge in [0, 0.05) is 25.3 Å². The molecule has 6 heteroatoms. The van der Waals surface area contributed by atoms with Crippen molar-refractivity contribution in [2.75, 3.05) is 19.0 Å². The summed E-state index contributed by atoms with van der Waals surface area (Å²) < 4.78 is 0. The Bertz CT molecular complexity index is 740. The summed E-state index contributed by atoms with van der Waals surface area (Å²) in [5, 5.41) is 6.56. The molecule has 2 aromatic carbocycles. The number of anilines is 1. The van der Waals surface area contributed by atoms with Gasteiger partial charge in [-0.25, -0.2) is 5.43 Å². The van der Waals surface area contributed by atoms with Crippen LogP contribution < -0.4 is 15.6 Å². The number of hydrazone groups is 1. The van der Waals surface area contributed by atoms with Gasteiger partial charge in [0.2, 0.25) is 0 Å². The molecule has 2 rings (SSSR count). The van der Waals surface area contributed by atoms with Gasteiger partial charge in [-0.3, -0.25) is 9.59 Å². The fraction of sp³-hybridized carbons (Fsp3) is 0.211. The minimum Gasteiger partial charge on any atom is -0.378 e. The molecule has 0 fully saturated rings. The van der Waals surface area contributed by atoms with Crippen molar-refractivity contribution in [1.29, 1.82) is 0 Å². The van der Waals surface area contributed by atoms with Gasteiger partial charge in [0.15, 0.2) is 0 Å². The molecule has 1 unspecified atom stereocenters. The first-order valence-electron chi connectivity index (χ1n) is 7.93. The van der Waals surface area contributed by atoms with E-state index in [4.69, 9.17) is 0 Å². The van der Waals surface area contributed by atoms with Crippen LogP contribution in [0, 0.1) is 0 Å². The number of nitrogens with zero attached hydrogens (tertiary/aromatic N) is 2. The van der Waals surface area contributed by atoms with Gasteiger partial charge in [0.25, 0.3) is 11.8 Å². The lowest BCUT2D eigenvalue weighted by Crippen LogP contribution is -2.43. The molecule has 0 aliphatic rings. The van der Waals surface area contributed by atoms with E-state index in [0.29, 0.717) is 5.56 Å². The van der Waals surface area contributed by atoms with Gasteiger partial charge in [-0.2, -0.15) is 5.10 Å². The summed E-state index contributed by atoms with van der Waals surface area (Å²) in [5.41, 5.74) is 4.89. The molecule has 0 aromatic heterocycles. The Morgan fingerprint density at radius 2 is 1.68 bits per heavy atom. The Morgan fingerprint density at radius 3 is 2.28 bits per heavy atom. The second kappa shape index (κ2) is 8.63. The summed E-state index contributed by atoms with van der Waals surface area (Å²) in [6, 6.07) is 15.8. The standard InChI is InChI=1S/C19H22N4O2/c1-14(21-19(25)16-7-5-4-6-8-16)18(24)22-20-13-15-9-11-17(12-10-15)23(2)3/h4-14H,1-3H3,(H,21,25)(H,22,24)/b20-13+. The Hall–Kier alpha value is -3.15. The molecule has 0 aliphatic heterocycles. The highest BCUT2D eigenvalue weighted by Crippen LogP contribution is 2.10. The highest BCUT2D eigenvalue weighted by molar-refractivity contribution is 5.97. The van der Waals surface area contributed by atoms with Crippen molar-refractivity contribution in [1.82, 2.24) is 10.7 Å². The summed E-state index contributed by atoms with van der Waals surface area (Å²) >= 11 is 0. The zero-order chi connectivity index (χ0) is 18.2. The van der Waals surface area contributed by atoms with Crippen LogP contribution in [0.2, 0.25) is 0 Å². The molecule has 25 heavy (non-hydrogen) atoms. The monoisotopic (exact) mass is 338 g/mol. The van der Waals surface area contributed by atoms with E-state index in [-0.39, 0.29) is 11.8 Å². The first kappa shape index (κ1) is 18.2. The van der Waals surface area contributed by atoms with Crippen LogP contribution in [0.25, 0.3) is 0 Å². The fourth-order valence-corrected chi connectivity index (χ4v) is 2.06. The van der Waals surface area contributed by atoms with Crippen LogP contribution in [0.3, 0.4) is 0 Å². The van der Waals surface area contributed by atoms with Crippen LogP contribution in [0.4, 0.5) is 5.69 Å². The molecule has 130 valence electrons. The maximum absolute atomic E-state index is 12.0. The fourth-order valence-electron chi connectivity index (χ4n) is 2.06. The van der Waals surface area contributed by atoms with E-state index in [1.165, 1.54) is 0 Å². The normalized spacial score (nSPS) is 11.8. The lowest BCUT2D eigenvalue weighted by atomic mass is 10.2. The lowest BCUT2D eigenvalue weighted by molar-refractivity contribution is -0.122. The number of hydrogen-bond donors (Lipinski definition) is 2. The highest BCUT2D eigenvalue weighted by atomic mass is 16.2. The third kappa shape index (κ3) is 5.46. The van der Waals surface area contributed by atoms with Gasteiger partial charge in [0.1, 0.15) is 6.04 Å². The molecular formula is C19H22N4O2. The average molecular weight is 338 g/mol. The molecule has 0 saturated heterocycles. The minimum atomic E-state index is -0.694. The Labute approximate surface area is 147 Å². The summed E-state index contributed by atoms with van der Waals surface area (Å²) in [5.74, 6) is -0.683. The first-order valence-corrected chi connectivity index (χ1v) is 7.93. The van der Waals surface area contributed by atoms with Crippen LogP contribution in [0.15, 0.2) is 59.7 Å². The second-order valence-corrected chi connectivity index (χ2v) is 5.78. The molecule has 6 nitrogen and oxygen atoms in total. The Morgan fingerprint density at radius 1 is 1.04 bits per heavy atom. The zero-order valence-electron chi connectivity index (χ0n) is 14.6. The number of hydrogen-bond acceptors (Lipinski definition) is 4. The van der Waals surface area contributed by atoms with Crippen molar-refractivity contribution in [3.8, 4) is 0 Å². The molecule has 2 N–H and O–H groups in total. The van der Waals surface area contributed by atoms with Gasteiger partial charge in [-0.1, -0.05) is 30.3 Å². The number of carbonyl (C=O) groups is 2. The van der Waals surface area contributed by atoms with Crippen LogP contribution in [0.1, 0.15) is 22.8 Å². The van der Waals surface area contributed by atoms with Gasteiger partial charge in [-0.15, -0.1) is 0 Å². The van der Waals surface area contributed by atoms with Gasteiger partial charge < -0.3 is 10.2 Å². The van der Waals surface area contributed by atoms with Crippen molar-refractivity contribution in [3.05, 3.63) is 65.7 Å². The molecule has 2 amide bonds. The van der Waals surface area contributed by atoms with E-state index in [1.807, 2.05) is 49.3 Å². The van der Waals surface area contributed by atoms with E-state index in [9.17, 15) is 9.59 Å². The molecule has 2 aromatic rings. The van der Waals surface area contributed by atoms with E-state index in [2.05, 4.69) is 15.8 Å². The quantitative estimate of drug-likeness (QED) is 0.625. The van der Waals surface area contributed by atoms with Crippen LogP contribution in [-0.2, 0) is 4.79 Å². The van der Waals surface area contributed by atoms with Crippen molar-refractivity contribution in [2.24, 2.45) is 5.10 Å². The average Bonchev–Trinajstić information content (AvgIpc) is 2.62. The summed E-state index contributed by atoms with van der Waals surface area (Å²) in [4.78, 5) is 26.0. The smallest absolute Gasteiger partial charge is 0.262 e. The van der Waals surface area contributed by atoms with Crippen molar-refractivity contribution >= 4 is 23.7 Å². The third-order valence-electron chi connectivity index (χ3n) is 3.57. The van der Waals surface area contributed by atoms with Crippen LogP contribution >= 0.6 is 0 Å². The minimum absolute atomic E-state index is 0.300. The summed E-state index contributed by atoms with van der Waals surface area (Å²) in [7, 11) is 3.93. The van der Waals surface area contributed by atoms with E-state index in [0.717, 1.165) is 11.3 Å². The largest absolute Gasteiger partial charge is 0.378 e. The number of benzene rings is 2. The van der Waals surface area contributed by atoms with Gasteiger partial charge in [-0.05, 0) is 36.8 Å². The van der Waals surface area contributed by atoms with Gasteiger partial charge >= 0.3 is 0 Å². The zero-order valence-corrected chi connectivity index (χ0v) is 14.6. The van der Waals surface area contributed by atoms with Crippen molar-refractivity contribution < 1.29 is 9.59 Å². The molecular weight excluding hydrogens is 316 g/mol. The molecule has 0 aliphatic carbocycles. The molecule has 0 spiro atoms. The van der Waals surface area contributed by atoms with Gasteiger partial charge in [0.05, 0.1) is 6.21 Å². The molecule has 0 radical (unpaired) electrons. The maximum Gasteiger partial charge on any atom is 0.262 e. The highest BCUT2D eigenvalue weighted by Gasteiger charge is 2.15. The SMILES string of the molecule is CC(NC(=O)c1ccccc1)C(=O)N/N=C/c1ccc(N(C)C)cc1. The van der Waals surface area contributed by atoms with Crippen LogP contribution in [0.5, 0.6) is 0 Å². The number of nitrogens with one attached hydrogen (secondary N) is 2. The predicted octanol–water partition coefficient (Wildman–Crippen LogP) is 2.02. The van der Waals surface area contributed by atoms with E-state index in [1.54, 1.807) is 37.4 Å². The first-order chi connectivity index (χ1) is 12.0. The predicted molar refractivity (Wildman–Crippen MR) is 99.9 cm³/mol. The number of carbonyl (C=O) groups excluding carboxylic acids is 2. The van der Waals surface area contributed by atoms with E-state index < -0.39 is 6.04 Å². The molecule has 0 heterocycles. The number of rotatable bonds is 6. The molecule has 0 bridgehead atoms. The maximum atomic E-state index is 12.0. The van der Waals surface area contributed by atoms with Crippen molar-refractivity contribution in [3.63, 3.8) is 0 Å². The summed E-state index contributed by atoms with van der Waals surface area (Å²) in [6.45, 7) is 1.61. The topological polar surface area (TPSA) is 73.8 Å². The number of amides is 2. The second-order valence-electron chi connectivity index (χ2n) is 5.78. The van der Waals surface area contributed by atoms with E-state index >= 15 is 0 Å². The Kier molecular flexibility index (Phi) is 6.28. The lowest BCUT2D eigenvalue weighted by Gasteiger charge is -2.12.